The summed E-state index contributed by atoms with van der Waals surface area (Å²) in [6, 6.07) is 11.4. The molecule has 1 saturated heterocycles. The van der Waals surface area contributed by atoms with Crippen LogP contribution < -0.4 is 5.32 Å². The molecule has 0 spiro atoms. The van der Waals surface area contributed by atoms with Crippen LogP contribution in [0.4, 0.5) is 18.9 Å². The summed E-state index contributed by atoms with van der Waals surface area (Å²) < 4.78 is 44.8. The number of carbonyl (C=O) groups excluding carboxylic acids is 2. The van der Waals surface area contributed by atoms with Crippen LogP contribution in [0.15, 0.2) is 48.5 Å². The molecule has 1 saturated carbocycles. The predicted molar refractivity (Wildman–Crippen MR) is 143 cm³/mol. The highest BCUT2D eigenvalue weighted by atomic mass is 19.4. The van der Waals surface area contributed by atoms with E-state index in [-0.39, 0.29) is 42.4 Å². The number of benzene rings is 2. The van der Waals surface area contributed by atoms with E-state index in [4.69, 9.17) is 11.3 Å². The number of hydrogen-bond acceptors (Lipinski definition) is 5. The van der Waals surface area contributed by atoms with Crippen LogP contribution in [0.2, 0.25) is 0 Å². The second kappa shape index (κ2) is 12.5. The average Bonchev–Trinajstić information content (AvgIpc) is 3.33. The number of aliphatic hydroxyl groups is 1. The highest BCUT2D eigenvalue weighted by molar-refractivity contribution is 5.96. The van der Waals surface area contributed by atoms with Crippen LogP contribution in [0.5, 0.6) is 0 Å². The van der Waals surface area contributed by atoms with Crippen molar-refractivity contribution < 1.29 is 32.6 Å². The Morgan fingerprint density at radius 3 is 2.48 bits per heavy atom. The van der Waals surface area contributed by atoms with Crippen LogP contribution in [-0.4, -0.2) is 60.1 Å². The van der Waals surface area contributed by atoms with Crippen molar-refractivity contribution in [1.29, 1.82) is 0 Å². The fourth-order valence-electron chi connectivity index (χ4n) is 5.83. The van der Waals surface area contributed by atoms with Gasteiger partial charge in [0, 0.05) is 43.6 Å². The Morgan fingerprint density at radius 1 is 1.15 bits per heavy atom. The van der Waals surface area contributed by atoms with Gasteiger partial charge in [-0.05, 0) is 56.4 Å². The van der Waals surface area contributed by atoms with Crippen LogP contribution in [0, 0.1) is 12.5 Å². The maximum atomic E-state index is 13.0. The molecular formula is C30H34F3N3O4. The monoisotopic (exact) mass is 557 g/mol. The van der Waals surface area contributed by atoms with Crippen molar-refractivity contribution in [2.75, 3.05) is 26.2 Å². The van der Waals surface area contributed by atoms with Gasteiger partial charge in [-0.15, -0.1) is 0 Å². The number of nitrogens with zero attached hydrogens (tertiary/aromatic N) is 2. The van der Waals surface area contributed by atoms with Crippen LogP contribution >= 0.6 is 0 Å². The fourth-order valence-corrected chi connectivity index (χ4v) is 5.83. The van der Waals surface area contributed by atoms with E-state index in [2.05, 4.69) is 15.1 Å². The molecule has 2 N–H and O–H groups in total. The van der Waals surface area contributed by atoms with Gasteiger partial charge in [0.2, 0.25) is 0 Å². The van der Waals surface area contributed by atoms with E-state index in [0.717, 1.165) is 36.6 Å². The summed E-state index contributed by atoms with van der Waals surface area (Å²) in [5.74, 6) is -1.01. The Labute approximate surface area is 232 Å². The molecule has 2 fully saturated rings. The minimum Gasteiger partial charge on any atom is -0.385 e. The topological polar surface area (TPSA) is 83.2 Å². The van der Waals surface area contributed by atoms with Gasteiger partial charge >= 0.3 is 6.18 Å². The number of ketones is 1. The lowest BCUT2D eigenvalue weighted by Gasteiger charge is -2.40. The highest BCUT2D eigenvalue weighted by Gasteiger charge is 2.42. The summed E-state index contributed by atoms with van der Waals surface area (Å²) in [5.41, 5.74) is -0.639. The average molecular weight is 558 g/mol. The number of Topliss-reactive ketones (excluding diaryl/α,β-unsaturated/α-hetero) is 1. The minimum absolute atomic E-state index is 0.0695. The maximum absolute atomic E-state index is 13.0. The molecule has 0 bridgehead atoms. The number of likely N-dealkylation sites (tertiary alicyclic amines) is 1. The Kier molecular flexibility index (Phi) is 9.29. The van der Waals surface area contributed by atoms with E-state index in [1.165, 1.54) is 6.07 Å². The van der Waals surface area contributed by atoms with E-state index in [9.17, 15) is 27.9 Å². The van der Waals surface area contributed by atoms with Gasteiger partial charge in [0.25, 0.3) is 5.91 Å². The molecular weight excluding hydrogens is 523 g/mol. The molecule has 0 radical (unpaired) electrons. The summed E-state index contributed by atoms with van der Waals surface area (Å²) in [5, 5.41) is 13.7. The Morgan fingerprint density at radius 2 is 1.85 bits per heavy atom. The molecule has 1 amide bonds. The first kappa shape index (κ1) is 29.7. The van der Waals surface area contributed by atoms with Crippen molar-refractivity contribution >= 4 is 17.4 Å². The van der Waals surface area contributed by atoms with Crippen molar-refractivity contribution in [3.8, 4) is 0 Å². The first-order chi connectivity index (χ1) is 19.0. The van der Waals surface area contributed by atoms with E-state index < -0.39 is 23.2 Å². The predicted octanol–water partition coefficient (Wildman–Crippen LogP) is 5.11. The van der Waals surface area contributed by atoms with Crippen molar-refractivity contribution in [3.05, 3.63) is 76.6 Å². The molecule has 10 heteroatoms. The van der Waals surface area contributed by atoms with E-state index >= 15 is 0 Å². The normalized spacial score (nSPS) is 25.4. The number of rotatable bonds is 9. The summed E-state index contributed by atoms with van der Waals surface area (Å²) in [6.07, 6.45) is -1.76. The largest absolute Gasteiger partial charge is 0.416 e. The van der Waals surface area contributed by atoms with Crippen molar-refractivity contribution in [1.82, 2.24) is 10.2 Å². The lowest BCUT2D eigenvalue weighted by Crippen LogP contribution is -2.42. The quantitative estimate of drug-likeness (QED) is 0.419. The first-order valence-corrected chi connectivity index (χ1v) is 13.6. The Hall–Kier alpha value is -3.26. The standard InChI is InChI=1S/C30H34F3N3O4/c1-3-40-27-19-36(25-11-13-29(39,14-12-25)22-7-9-24(34-2)10-8-22)18-21(27)16-26(37)17-35-28(38)20-5-4-6-23(15-20)30(31,32)33/h4-10,15,21,25,27,39H,3,11-14,16-19H2,1H3,(H,35,38)/t21?,25?,27-,29?/m0/s1. The first-order valence-electron chi connectivity index (χ1n) is 13.6. The third-order valence-corrected chi connectivity index (χ3v) is 8.01. The van der Waals surface area contributed by atoms with Gasteiger partial charge in [-0.3, -0.25) is 14.5 Å². The number of alkyl halides is 3. The third kappa shape index (κ3) is 7.08. The van der Waals surface area contributed by atoms with Crippen molar-refractivity contribution in [2.24, 2.45) is 5.92 Å². The summed E-state index contributed by atoms with van der Waals surface area (Å²) in [7, 11) is 0. The summed E-state index contributed by atoms with van der Waals surface area (Å²) >= 11 is 0. The highest BCUT2D eigenvalue weighted by Crippen LogP contribution is 2.40. The van der Waals surface area contributed by atoms with Gasteiger partial charge in [0.05, 0.1) is 30.4 Å². The van der Waals surface area contributed by atoms with E-state index in [1.807, 2.05) is 19.1 Å². The fraction of sp³-hybridized carbons (Fsp3) is 0.500. The second-order valence-corrected chi connectivity index (χ2v) is 10.6. The van der Waals surface area contributed by atoms with Gasteiger partial charge in [0.15, 0.2) is 11.5 Å². The molecule has 40 heavy (non-hydrogen) atoms. The molecule has 2 aliphatic rings. The summed E-state index contributed by atoms with van der Waals surface area (Å²) in [4.78, 5) is 30.9. The lowest BCUT2D eigenvalue weighted by atomic mass is 9.77. The van der Waals surface area contributed by atoms with E-state index in [0.29, 0.717) is 38.2 Å². The molecule has 2 aromatic rings. The number of ether oxygens (including phenoxy) is 1. The number of amides is 1. The van der Waals surface area contributed by atoms with E-state index in [1.54, 1.807) is 12.1 Å². The van der Waals surface area contributed by atoms with Gasteiger partial charge in [-0.2, -0.15) is 13.2 Å². The number of hydrogen-bond donors (Lipinski definition) is 2. The van der Waals surface area contributed by atoms with Crippen LogP contribution in [0.1, 0.15) is 60.5 Å². The molecule has 2 atom stereocenters. The zero-order valence-corrected chi connectivity index (χ0v) is 22.4. The molecule has 1 aliphatic carbocycles. The zero-order chi connectivity index (χ0) is 28.9. The van der Waals surface area contributed by atoms with Gasteiger partial charge < -0.3 is 15.2 Å². The molecule has 214 valence electrons. The summed E-state index contributed by atoms with van der Waals surface area (Å²) in [6.45, 7) is 10.6. The molecule has 4 rings (SSSR count). The molecule has 0 aromatic heterocycles. The Balaban J connectivity index is 1.30. The number of halogens is 3. The molecule has 1 unspecified atom stereocenters. The van der Waals surface area contributed by atoms with Gasteiger partial charge in [-0.1, -0.05) is 30.3 Å². The molecule has 1 aliphatic heterocycles. The number of carbonyl (C=O) groups is 2. The number of nitrogens with one attached hydrogen (secondary N) is 1. The van der Waals surface area contributed by atoms with Gasteiger partial charge in [0.1, 0.15) is 0 Å². The smallest absolute Gasteiger partial charge is 0.385 e. The van der Waals surface area contributed by atoms with Crippen LogP contribution in [0.25, 0.3) is 4.85 Å². The van der Waals surface area contributed by atoms with Crippen LogP contribution in [0.3, 0.4) is 0 Å². The van der Waals surface area contributed by atoms with Crippen LogP contribution in [-0.2, 0) is 21.3 Å². The van der Waals surface area contributed by atoms with Crippen molar-refractivity contribution in [3.63, 3.8) is 0 Å². The van der Waals surface area contributed by atoms with Gasteiger partial charge in [-0.25, -0.2) is 4.85 Å². The molecule has 7 nitrogen and oxygen atoms in total. The molecule has 2 aromatic carbocycles. The minimum atomic E-state index is -4.56. The van der Waals surface area contributed by atoms with Crippen molar-refractivity contribution in [2.45, 2.75) is 63.0 Å². The second-order valence-electron chi connectivity index (χ2n) is 10.6. The maximum Gasteiger partial charge on any atom is 0.416 e. The third-order valence-electron chi connectivity index (χ3n) is 8.01. The lowest BCUT2D eigenvalue weighted by molar-refractivity contribution is -0.137. The SMILES string of the molecule is [C-]#[N+]c1ccc(C2(O)CCC(N3CC(CC(=O)CNC(=O)c4cccc(C(F)(F)F)c4)[C@@H](OCC)C3)CC2)cc1. The molecule has 1 heterocycles. The zero-order valence-electron chi connectivity index (χ0n) is 22.4. The Bertz CT molecular complexity index is 1230.